The van der Waals surface area contributed by atoms with E-state index < -0.39 is 0 Å². The van der Waals surface area contributed by atoms with E-state index in [-0.39, 0.29) is 11.6 Å². The van der Waals surface area contributed by atoms with Gasteiger partial charge in [0.2, 0.25) is 0 Å². The van der Waals surface area contributed by atoms with Crippen molar-refractivity contribution >= 4 is 0 Å². The highest BCUT2D eigenvalue weighted by molar-refractivity contribution is 4.90. The van der Waals surface area contributed by atoms with Gasteiger partial charge in [0, 0.05) is 39.2 Å². The van der Waals surface area contributed by atoms with Crippen LogP contribution >= 0.6 is 0 Å². The van der Waals surface area contributed by atoms with Gasteiger partial charge in [-0.25, -0.2) is 0 Å². The summed E-state index contributed by atoms with van der Waals surface area (Å²) in [5.41, 5.74) is 5.71. The number of hydrogen-bond donors (Lipinski definition) is 1. The van der Waals surface area contributed by atoms with Crippen LogP contribution in [0.4, 0.5) is 0 Å². The molecule has 0 aromatic rings. The van der Waals surface area contributed by atoms with Crippen molar-refractivity contribution in [3.8, 4) is 0 Å². The van der Waals surface area contributed by atoms with E-state index in [1.807, 2.05) is 6.92 Å². The van der Waals surface area contributed by atoms with E-state index in [9.17, 15) is 0 Å². The molecular weight excluding hydrogens is 142 g/mol. The van der Waals surface area contributed by atoms with Gasteiger partial charge in [-0.15, -0.1) is 0 Å². The molecule has 0 aromatic heterocycles. The van der Waals surface area contributed by atoms with Gasteiger partial charge in [-0.2, -0.15) is 0 Å². The van der Waals surface area contributed by atoms with Gasteiger partial charge in [0.05, 0.1) is 5.60 Å². The maximum Gasteiger partial charge on any atom is 0.0869 e. The zero-order valence-corrected chi connectivity index (χ0v) is 7.30. The van der Waals surface area contributed by atoms with E-state index in [2.05, 4.69) is 0 Å². The molecule has 0 amide bonds. The summed E-state index contributed by atoms with van der Waals surface area (Å²) in [5, 5.41) is 0. The molecular formula is C8H17NO2. The summed E-state index contributed by atoms with van der Waals surface area (Å²) in [6.07, 6.45) is 1.84. The molecule has 2 N–H and O–H groups in total. The van der Waals surface area contributed by atoms with Crippen molar-refractivity contribution in [1.29, 1.82) is 0 Å². The molecule has 1 heterocycles. The standard InChI is InChI=1S/C8H17NO2/c1-7(9)8(10-2)3-5-11-6-4-8/h7H,3-6,9H2,1-2H3/t7-/m1/s1. The second kappa shape index (κ2) is 3.52. The normalized spacial score (nSPS) is 26.5. The zero-order valence-electron chi connectivity index (χ0n) is 7.30. The molecule has 1 aliphatic rings. The Bertz CT molecular complexity index is 119. The number of ether oxygens (including phenoxy) is 2. The van der Waals surface area contributed by atoms with Crippen molar-refractivity contribution in [1.82, 2.24) is 0 Å². The van der Waals surface area contributed by atoms with E-state index in [1.54, 1.807) is 7.11 Å². The Labute approximate surface area is 67.9 Å². The average molecular weight is 159 g/mol. The second-order valence-electron chi connectivity index (χ2n) is 3.17. The molecule has 0 aliphatic carbocycles. The summed E-state index contributed by atoms with van der Waals surface area (Å²) >= 11 is 0. The maximum atomic E-state index is 5.83. The minimum atomic E-state index is -0.127. The summed E-state index contributed by atoms with van der Waals surface area (Å²) < 4.78 is 10.7. The van der Waals surface area contributed by atoms with E-state index in [4.69, 9.17) is 15.2 Å². The molecule has 3 heteroatoms. The first-order valence-corrected chi connectivity index (χ1v) is 4.10. The quantitative estimate of drug-likeness (QED) is 0.639. The van der Waals surface area contributed by atoms with Crippen LogP contribution in [0.25, 0.3) is 0 Å². The first-order valence-electron chi connectivity index (χ1n) is 4.10. The van der Waals surface area contributed by atoms with Crippen LogP contribution in [0.2, 0.25) is 0 Å². The predicted octanol–water partition coefficient (Wildman–Crippen LogP) is 0.529. The summed E-state index contributed by atoms with van der Waals surface area (Å²) in [5.74, 6) is 0. The van der Waals surface area contributed by atoms with Crippen molar-refractivity contribution in [3.63, 3.8) is 0 Å². The second-order valence-corrected chi connectivity index (χ2v) is 3.17. The maximum absolute atomic E-state index is 5.83. The van der Waals surface area contributed by atoms with Crippen LogP contribution in [0.15, 0.2) is 0 Å². The first-order chi connectivity index (χ1) is 5.21. The van der Waals surface area contributed by atoms with Crippen LogP contribution in [-0.2, 0) is 9.47 Å². The molecule has 3 nitrogen and oxygen atoms in total. The van der Waals surface area contributed by atoms with E-state index in [0.29, 0.717) is 0 Å². The fourth-order valence-corrected chi connectivity index (χ4v) is 1.56. The third-order valence-electron chi connectivity index (χ3n) is 2.58. The number of rotatable bonds is 2. The number of nitrogens with two attached hydrogens (primary N) is 1. The Kier molecular flexibility index (Phi) is 2.87. The van der Waals surface area contributed by atoms with Crippen molar-refractivity contribution in [2.24, 2.45) is 5.73 Å². The highest BCUT2D eigenvalue weighted by atomic mass is 16.5. The van der Waals surface area contributed by atoms with Gasteiger partial charge in [-0.1, -0.05) is 0 Å². The van der Waals surface area contributed by atoms with Crippen LogP contribution in [-0.4, -0.2) is 32.0 Å². The lowest BCUT2D eigenvalue weighted by Gasteiger charge is -2.38. The van der Waals surface area contributed by atoms with Gasteiger partial charge < -0.3 is 15.2 Å². The third-order valence-corrected chi connectivity index (χ3v) is 2.58. The third kappa shape index (κ3) is 1.72. The molecule has 1 fully saturated rings. The van der Waals surface area contributed by atoms with Crippen LogP contribution in [0, 0.1) is 0 Å². The molecule has 66 valence electrons. The molecule has 0 spiro atoms. The van der Waals surface area contributed by atoms with Crippen molar-refractivity contribution in [2.75, 3.05) is 20.3 Å². The lowest BCUT2D eigenvalue weighted by molar-refractivity contribution is -0.100. The van der Waals surface area contributed by atoms with Gasteiger partial charge >= 0.3 is 0 Å². The summed E-state index contributed by atoms with van der Waals surface area (Å²) in [6, 6.07) is 0.0939. The minimum absolute atomic E-state index is 0.0939. The molecule has 1 atom stereocenters. The highest BCUT2D eigenvalue weighted by Crippen LogP contribution is 2.26. The minimum Gasteiger partial charge on any atom is -0.381 e. The Balaban J connectivity index is 2.57. The SMILES string of the molecule is COC1([C@@H](C)N)CCOCC1. The molecule has 0 radical (unpaired) electrons. The largest absolute Gasteiger partial charge is 0.381 e. The monoisotopic (exact) mass is 159 g/mol. The Hall–Kier alpha value is -0.120. The van der Waals surface area contributed by atoms with Crippen molar-refractivity contribution < 1.29 is 9.47 Å². The van der Waals surface area contributed by atoms with E-state index >= 15 is 0 Å². The van der Waals surface area contributed by atoms with Gasteiger partial charge in [0.1, 0.15) is 0 Å². The molecule has 0 saturated carbocycles. The molecule has 1 saturated heterocycles. The Morgan fingerprint density at radius 3 is 2.27 bits per heavy atom. The average Bonchev–Trinajstić information content (AvgIpc) is 2.05. The van der Waals surface area contributed by atoms with E-state index in [1.165, 1.54) is 0 Å². The smallest absolute Gasteiger partial charge is 0.0869 e. The number of hydrogen-bond acceptors (Lipinski definition) is 3. The predicted molar refractivity (Wildman–Crippen MR) is 43.4 cm³/mol. The summed E-state index contributed by atoms with van der Waals surface area (Å²) in [6.45, 7) is 3.54. The first kappa shape index (κ1) is 8.97. The zero-order chi connectivity index (χ0) is 8.32. The fourth-order valence-electron chi connectivity index (χ4n) is 1.56. The van der Waals surface area contributed by atoms with Crippen LogP contribution in [0.5, 0.6) is 0 Å². The molecule has 0 bridgehead atoms. The van der Waals surface area contributed by atoms with Gasteiger partial charge in [0.25, 0.3) is 0 Å². The van der Waals surface area contributed by atoms with Crippen LogP contribution in [0.3, 0.4) is 0 Å². The van der Waals surface area contributed by atoms with Crippen molar-refractivity contribution in [3.05, 3.63) is 0 Å². The van der Waals surface area contributed by atoms with Crippen molar-refractivity contribution in [2.45, 2.75) is 31.4 Å². The molecule has 1 aliphatic heterocycles. The van der Waals surface area contributed by atoms with Crippen LogP contribution < -0.4 is 5.73 Å². The lowest BCUT2D eigenvalue weighted by atomic mass is 9.87. The summed E-state index contributed by atoms with van der Waals surface area (Å²) in [7, 11) is 1.73. The topological polar surface area (TPSA) is 44.5 Å². The van der Waals surface area contributed by atoms with Gasteiger partial charge in [0.15, 0.2) is 0 Å². The molecule has 1 rings (SSSR count). The highest BCUT2D eigenvalue weighted by Gasteiger charge is 2.35. The summed E-state index contributed by atoms with van der Waals surface area (Å²) in [4.78, 5) is 0. The molecule has 11 heavy (non-hydrogen) atoms. The lowest BCUT2D eigenvalue weighted by Crippen LogP contribution is -2.51. The molecule has 0 aromatic carbocycles. The van der Waals surface area contributed by atoms with E-state index in [0.717, 1.165) is 26.1 Å². The Morgan fingerprint density at radius 2 is 2.00 bits per heavy atom. The Morgan fingerprint density at radius 1 is 1.45 bits per heavy atom. The fraction of sp³-hybridized carbons (Fsp3) is 1.00. The van der Waals surface area contributed by atoms with Crippen LogP contribution in [0.1, 0.15) is 19.8 Å². The van der Waals surface area contributed by atoms with Gasteiger partial charge in [-0.05, 0) is 6.92 Å². The molecule has 0 unspecified atom stereocenters. The number of methoxy groups -OCH3 is 1. The van der Waals surface area contributed by atoms with Gasteiger partial charge in [-0.3, -0.25) is 0 Å².